The van der Waals surface area contributed by atoms with Crippen LogP contribution in [0.4, 0.5) is 4.39 Å². The van der Waals surface area contributed by atoms with E-state index in [1.165, 1.54) is 17.4 Å². The Morgan fingerprint density at radius 3 is 2.79 bits per heavy atom. The number of hydrogen-bond donors (Lipinski definition) is 1. The highest BCUT2D eigenvalue weighted by atomic mass is 35.5. The first kappa shape index (κ1) is 9.90. The van der Waals surface area contributed by atoms with Crippen molar-refractivity contribution in [3.8, 4) is 0 Å². The van der Waals surface area contributed by atoms with Gasteiger partial charge in [-0.2, -0.15) is 0 Å². The van der Waals surface area contributed by atoms with Gasteiger partial charge < -0.3 is 5.11 Å². The number of alkyl halides is 1. The lowest BCUT2D eigenvalue weighted by Crippen LogP contribution is -1.87. The van der Waals surface area contributed by atoms with Crippen LogP contribution in [0.2, 0.25) is 0 Å². The predicted octanol–water partition coefficient (Wildman–Crippen LogP) is 3.27. The lowest BCUT2D eigenvalue weighted by atomic mass is 10.1. The molecule has 2 rings (SSSR count). The molecule has 0 aliphatic carbocycles. The van der Waals surface area contributed by atoms with Crippen molar-refractivity contribution in [1.82, 2.24) is 0 Å². The number of aliphatic hydroxyl groups is 1. The van der Waals surface area contributed by atoms with E-state index in [-0.39, 0.29) is 12.4 Å². The highest BCUT2D eigenvalue weighted by Gasteiger charge is 2.06. The molecule has 1 aromatic carbocycles. The molecule has 2 aromatic rings. The molecule has 0 unspecified atom stereocenters. The fourth-order valence-corrected chi connectivity index (χ4v) is 2.51. The molecule has 4 heteroatoms. The van der Waals surface area contributed by atoms with Gasteiger partial charge in [-0.05, 0) is 23.6 Å². The highest BCUT2D eigenvalue weighted by Crippen LogP contribution is 2.29. The zero-order valence-corrected chi connectivity index (χ0v) is 8.83. The second-order valence-electron chi connectivity index (χ2n) is 2.99. The summed E-state index contributed by atoms with van der Waals surface area (Å²) in [5, 5.41) is 9.82. The average Bonchev–Trinajstić information content (AvgIpc) is 2.58. The molecule has 0 amide bonds. The van der Waals surface area contributed by atoms with E-state index in [1.54, 1.807) is 6.07 Å². The zero-order chi connectivity index (χ0) is 10.1. The summed E-state index contributed by atoms with van der Waals surface area (Å²) in [4.78, 5) is 1.01. The quantitative estimate of drug-likeness (QED) is 0.786. The van der Waals surface area contributed by atoms with Crippen LogP contribution in [0.25, 0.3) is 10.1 Å². The molecule has 0 saturated carbocycles. The van der Waals surface area contributed by atoms with E-state index in [2.05, 4.69) is 0 Å². The minimum atomic E-state index is -0.358. The SMILES string of the molecule is OCc1cc2cc(CCl)sc2cc1F. The van der Waals surface area contributed by atoms with Crippen LogP contribution >= 0.6 is 22.9 Å². The van der Waals surface area contributed by atoms with Crippen LogP contribution in [-0.2, 0) is 12.5 Å². The van der Waals surface area contributed by atoms with Gasteiger partial charge in [-0.1, -0.05) is 0 Å². The van der Waals surface area contributed by atoms with Gasteiger partial charge in [0.05, 0.1) is 12.5 Å². The Morgan fingerprint density at radius 1 is 1.36 bits per heavy atom. The Balaban J connectivity index is 2.64. The monoisotopic (exact) mass is 230 g/mol. The standard InChI is InChI=1S/C10H8ClFOS/c11-4-8-2-6-1-7(5-13)9(12)3-10(6)14-8/h1-3,13H,4-5H2. The molecule has 1 heterocycles. The minimum absolute atomic E-state index is 0.270. The van der Waals surface area contributed by atoms with E-state index in [1.807, 2.05) is 6.07 Å². The molecule has 0 saturated heterocycles. The van der Waals surface area contributed by atoms with Gasteiger partial charge in [-0.25, -0.2) is 4.39 Å². The second kappa shape index (κ2) is 3.85. The summed E-state index contributed by atoms with van der Waals surface area (Å²) in [6.07, 6.45) is 0. The van der Waals surface area contributed by atoms with Crippen LogP contribution in [0.5, 0.6) is 0 Å². The fourth-order valence-electron chi connectivity index (χ4n) is 1.35. The van der Waals surface area contributed by atoms with E-state index in [0.717, 1.165) is 15.0 Å². The van der Waals surface area contributed by atoms with Crippen LogP contribution in [0, 0.1) is 5.82 Å². The van der Waals surface area contributed by atoms with Crippen molar-refractivity contribution in [2.45, 2.75) is 12.5 Å². The molecular formula is C10H8ClFOS. The Labute approximate surface area is 89.7 Å². The van der Waals surface area contributed by atoms with Gasteiger partial charge in [0.2, 0.25) is 0 Å². The Morgan fingerprint density at radius 2 is 2.14 bits per heavy atom. The first-order valence-electron chi connectivity index (χ1n) is 4.12. The van der Waals surface area contributed by atoms with Crippen LogP contribution in [0.1, 0.15) is 10.4 Å². The van der Waals surface area contributed by atoms with E-state index in [4.69, 9.17) is 16.7 Å². The first-order valence-corrected chi connectivity index (χ1v) is 5.47. The summed E-state index contributed by atoms with van der Waals surface area (Å²) in [6, 6.07) is 5.03. The molecule has 0 atom stereocenters. The molecule has 0 spiro atoms. The smallest absolute Gasteiger partial charge is 0.130 e. The van der Waals surface area contributed by atoms with Crippen LogP contribution < -0.4 is 0 Å². The summed E-state index contributed by atoms with van der Waals surface area (Å²) < 4.78 is 14.1. The maximum absolute atomic E-state index is 13.2. The number of fused-ring (bicyclic) bond motifs is 1. The molecular weight excluding hydrogens is 223 g/mol. The molecule has 14 heavy (non-hydrogen) atoms. The number of benzene rings is 1. The molecule has 74 valence electrons. The number of halogens is 2. The number of hydrogen-bond acceptors (Lipinski definition) is 2. The molecule has 1 nitrogen and oxygen atoms in total. The lowest BCUT2D eigenvalue weighted by Gasteiger charge is -1.97. The van der Waals surface area contributed by atoms with E-state index >= 15 is 0 Å². The van der Waals surface area contributed by atoms with E-state index in [0.29, 0.717) is 11.4 Å². The molecule has 0 bridgehead atoms. The topological polar surface area (TPSA) is 20.2 Å². The van der Waals surface area contributed by atoms with E-state index in [9.17, 15) is 4.39 Å². The number of aliphatic hydroxyl groups excluding tert-OH is 1. The highest BCUT2D eigenvalue weighted by molar-refractivity contribution is 7.19. The third kappa shape index (κ3) is 1.63. The molecule has 1 aromatic heterocycles. The van der Waals surface area contributed by atoms with Crippen molar-refractivity contribution >= 4 is 33.0 Å². The summed E-state index contributed by atoms with van der Waals surface area (Å²) in [7, 11) is 0. The fraction of sp³-hybridized carbons (Fsp3) is 0.200. The van der Waals surface area contributed by atoms with Crippen molar-refractivity contribution in [2.24, 2.45) is 0 Å². The number of thiophene rings is 1. The van der Waals surface area contributed by atoms with Crippen molar-refractivity contribution in [3.05, 3.63) is 34.5 Å². The Hall–Kier alpha value is -0.640. The minimum Gasteiger partial charge on any atom is -0.392 e. The third-order valence-corrected chi connectivity index (χ3v) is 3.58. The summed E-state index contributed by atoms with van der Waals surface area (Å²) in [5.74, 6) is 0.0815. The van der Waals surface area contributed by atoms with Crippen molar-refractivity contribution in [1.29, 1.82) is 0 Å². The summed E-state index contributed by atoms with van der Waals surface area (Å²) >= 11 is 7.16. The Bertz CT molecular complexity index is 466. The van der Waals surface area contributed by atoms with Gasteiger partial charge in [-0.3, -0.25) is 0 Å². The van der Waals surface area contributed by atoms with Gasteiger partial charge in [0.25, 0.3) is 0 Å². The normalized spacial score (nSPS) is 11.1. The van der Waals surface area contributed by atoms with Gasteiger partial charge >= 0.3 is 0 Å². The lowest BCUT2D eigenvalue weighted by molar-refractivity contribution is 0.276. The molecule has 0 fully saturated rings. The maximum atomic E-state index is 13.2. The maximum Gasteiger partial charge on any atom is 0.130 e. The van der Waals surface area contributed by atoms with E-state index < -0.39 is 0 Å². The van der Waals surface area contributed by atoms with Crippen molar-refractivity contribution in [3.63, 3.8) is 0 Å². The van der Waals surface area contributed by atoms with Gasteiger partial charge in [-0.15, -0.1) is 22.9 Å². The van der Waals surface area contributed by atoms with Crippen LogP contribution in [-0.4, -0.2) is 5.11 Å². The molecule has 1 N–H and O–H groups in total. The Kier molecular flexibility index (Phi) is 2.72. The summed E-state index contributed by atoms with van der Waals surface area (Å²) in [6.45, 7) is -0.270. The predicted molar refractivity (Wildman–Crippen MR) is 57.3 cm³/mol. The van der Waals surface area contributed by atoms with Crippen molar-refractivity contribution in [2.75, 3.05) is 0 Å². The average molecular weight is 231 g/mol. The largest absolute Gasteiger partial charge is 0.392 e. The van der Waals surface area contributed by atoms with Crippen molar-refractivity contribution < 1.29 is 9.50 Å². The van der Waals surface area contributed by atoms with Gasteiger partial charge in [0.1, 0.15) is 5.82 Å². The van der Waals surface area contributed by atoms with Gasteiger partial charge in [0, 0.05) is 15.1 Å². The first-order chi connectivity index (χ1) is 6.74. The zero-order valence-electron chi connectivity index (χ0n) is 7.26. The van der Waals surface area contributed by atoms with Crippen LogP contribution in [0.15, 0.2) is 18.2 Å². The van der Waals surface area contributed by atoms with Gasteiger partial charge in [0.15, 0.2) is 0 Å². The van der Waals surface area contributed by atoms with Crippen LogP contribution in [0.3, 0.4) is 0 Å². The molecule has 0 aliphatic rings. The molecule has 0 radical (unpaired) electrons. The molecule has 0 aliphatic heterocycles. The number of rotatable bonds is 2. The second-order valence-corrected chi connectivity index (χ2v) is 4.42. The third-order valence-electron chi connectivity index (χ3n) is 2.04. The summed E-state index contributed by atoms with van der Waals surface area (Å²) in [5.41, 5.74) is 0.330.